The molecule has 4 heteroatoms. The summed E-state index contributed by atoms with van der Waals surface area (Å²) >= 11 is 1.90. The fraction of sp³-hybridized carbons (Fsp3) is 0.750. The van der Waals surface area contributed by atoms with Crippen LogP contribution in [0.15, 0.2) is 0 Å². The minimum atomic E-state index is 0.773. The summed E-state index contributed by atoms with van der Waals surface area (Å²) in [7, 11) is 0. The molecule has 88 valence electrons. The van der Waals surface area contributed by atoms with Crippen molar-refractivity contribution in [1.82, 2.24) is 15.2 Å². The molecule has 3 rings (SSSR count). The van der Waals surface area contributed by atoms with Gasteiger partial charge in [-0.25, -0.2) is 4.98 Å². The highest BCUT2D eigenvalue weighted by atomic mass is 32.1. The molecule has 0 radical (unpaired) electrons. The molecule has 0 amide bonds. The number of fused-ring (bicyclic) bond motifs is 1. The molecule has 2 aliphatic rings. The van der Waals surface area contributed by atoms with Gasteiger partial charge in [-0.15, -0.1) is 11.3 Å². The third-order valence-electron chi connectivity index (χ3n) is 3.69. The molecule has 1 aromatic heterocycles. The SMILES string of the molecule is Cc1nc2c(s1)CC(N1CCNCC1)CC2. The number of thiazole rings is 1. The van der Waals surface area contributed by atoms with Crippen molar-refractivity contribution >= 4 is 11.3 Å². The van der Waals surface area contributed by atoms with Gasteiger partial charge in [0.1, 0.15) is 0 Å². The van der Waals surface area contributed by atoms with Crippen LogP contribution in [0.3, 0.4) is 0 Å². The Labute approximate surface area is 101 Å². The molecule has 0 saturated carbocycles. The zero-order valence-electron chi connectivity index (χ0n) is 9.83. The summed E-state index contributed by atoms with van der Waals surface area (Å²) in [6, 6.07) is 0.773. The highest BCUT2D eigenvalue weighted by Crippen LogP contribution is 2.28. The fourth-order valence-corrected chi connectivity index (χ4v) is 3.90. The van der Waals surface area contributed by atoms with E-state index in [4.69, 9.17) is 0 Å². The lowest BCUT2D eigenvalue weighted by Gasteiger charge is -2.36. The van der Waals surface area contributed by atoms with Crippen LogP contribution in [0.25, 0.3) is 0 Å². The number of hydrogen-bond acceptors (Lipinski definition) is 4. The highest BCUT2D eigenvalue weighted by molar-refractivity contribution is 7.11. The van der Waals surface area contributed by atoms with Crippen molar-refractivity contribution in [3.63, 3.8) is 0 Å². The van der Waals surface area contributed by atoms with Crippen molar-refractivity contribution in [1.29, 1.82) is 0 Å². The van der Waals surface area contributed by atoms with Crippen LogP contribution < -0.4 is 5.32 Å². The normalized spacial score (nSPS) is 26.7. The molecule has 0 bridgehead atoms. The predicted octanol–water partition coefficient (Wildman–Crippen LogP) is 1.21. The van der Waals surface area contributed by atoms with Gasteiger partial charge in [0, 0.05) is 37.1 Å². The maximum absolute atomic E-state index is 4.62. The van der Waals surface area contributed by atoms with Crippen molar-refractivity contribution < 1.29 is 0 Å². The Bertz CT molecular complexity index is 368. The summed E-state index contributed by atoms with van der Waals surface area (Å²) < 4.78 is 0. The van der Waals surface area contributed by atoms with Gasteiger partial charge >= 0.3 is 0 Å². The van der Waals surface area contributed by atoms with E-state index in [0.717, 1.165) is 19.1 Å². The van der Waals surface area contributed by atoms with Crippen LogP contribution in [-0.2, 0) is 12.8 Å². The van der Waals surface area contributed by atoms with Gasteiger partial charge in [0.15, 0.2) is 0 Å². The Hall–Kier alpha value is -0.450. The monoisotopic (exact) mass is 237 g/mol. The molecule has 1 saturated heterocycles. The van der Waals surface area contributed by atoms with E-state index in [1.54, 1.807) is 4.88 Å². The Kier molecular flexibility index (Phi) is 2.96. The van der Waals surface area contributed by atoms with Gasteiger partial charge in [0.25, 0.3) is 0 Å². The van der Waals surface area contributed by atoms with E-state index in [2.05, 4.69) is 22.1 Å². The van der Waals surface area contributed by atoms with Gasteiger partial charge in [0.05, 0.1) is 10.7 Å². The van der Waals surface area contributed by atoms with Crippen molar-refractivity contribution in [2.75, 3.05) is 26.2 Å². The molecule has 1 aromatic rings. The average Bonchev–Trinajstić information content (AvgIpc) is 2.69. The van der Waals surface area contributed by atoms with Crippen molar-refractivity contribution in [2.45, 2.75) is 32.2 Å². The number of hydrogen-bond donors (Lipinski definition) is 1. The smallest absolute Gasteiger partial charge is 0.0900 e. The summed E-state index contributed by atoms with van der Waals surface area (Å²) in [6.07, 6.45) is 3.73. The maximum atomic E-state index is 4.62. The second-order valence-corrected chi connectivity index (χ2v) is 6.07. The number of nitrogens with zero attached hydrogens (tertiary/aromatic N) is 2. The van der Waals surface area contributed by atoms with Gasteiger partial charge in [-0.2, -0.15) is 0 Å². The molecule has 1 atom stereocenters. The minimum absolute atomic E-state index is 0.773. The van der Waals surface area contributed by atoms with Crippen LogP contribution in [-0.4, -0.2) is 42.1 Å². The van der Waals surface area contributed by atoms with Crippen LogP contribution >= 0.6 is 11.3 Å². The third kappa shape index (κ3) is 2.01. The van der Waals surface area contributed by atoms with E-state index in [0.29, 0.717) is 0 Å². The summed E-state index contributed by atoms with van der Waals surface area (Å²) in [6.45, 7) is 6.88. The van der Waals surface area contributed by atoms with Gasteiger partial charge in [-0.1, -0.05) is 0 Å². The van der Waals surface area contributed by atoms with E-state index in [1.165, 1.54) is 43.1 Å². The van der Waals surface area contributed by atoms with Crippen LogP contribution in [0.4, 0.5) is 0 Å². The van der Waals surface area contributed by atoms with Crippen LogP contribution in [0.1, 0.15) is 22.0 Å². The zero-order chi connectivity index (χ0) is 11.0. The number of aromatic nitrogens is 1. The average molecular weight is 237 g/mol. The standard InChI is InChI=1S/C12H19N3S/c1-9-14-11-3-2-10(8-12(11)16-9)15-6-4-13-5-7-15/h10,13H,2-8H2,1H3. The molecule has 1 unspecified atom stereocenters. The van der Waals surface area contributed by atoms with Gasteiger partial charge in [-0.05, 0) is 26.2 Å². The van der Waals surface area contributed by atoms with E-state index in [-0.39, 0.29) is 0 Å². The van der Waals surface area contributed by atoms with Crippen LogP contribution in [0.5, 0.6) is 0 Å². The molecule has 1 fully saturated rings. The van der Waals surface area contributed by atoms with Crippen molar-refractivity contribution in [3.8, 4) is 0 Å². The quantitative estimate of drug-likeness (QED) is 0.796. The van der Waals surface area contributed by atoms with E-state index in [1.807, 2.05) is 11.3 Å². The van der Waals surface area contributed by atoms with Crippen molar-refractivity contribution in [3.05, 3.63) is 15.6 Å². The Morgan fingerprint density at radius 3 is 3.00 bits per heavy atom. The van der Waals surface area contributed by atoms with Gasteiger partial charge in [-0.3, -0.25) is 4.90 Å². The summed E-state index contributed by atoms with van der Waals surface area (Å²) in [5.74, 6) is 0. The second-order valence-electron chi connectivity index (χ2n) is 4.79. The first-order valence-electron chi connectivity index (χ1n) is 6.23. The highest BCUT2D eigenvalue weighted by Gasteiger charge is 2.27. The molecule has 0 aromatic carbocycles. The van der Waals surface area contributed by atoms with Gasteiger partial charge in [0.2, 0.25) is 0 Å². The first kappa shape index (κ1) is 10.7. The fourth-order valence-electron chi connectivity index (χ4n) is 2.85. The second kappa shape index (κ2) is 4.43. The lowest BCUT2D eigenvalue weighted by Crippen LogP contribution is -2.49. The molecule has 1 aliphatic carbocycles. The molecular weight excluding hydrogens is 218 g/mol. The largest absolute Gasteiger partial charge is 0.314 e. The molecule has 2 heterocycles. The van der Waals surface area contributed by atoms with E-state index >= 15 is 0 Å². The number of rotatable bonds is 1. The van der Waals surface area contributed by atoms with E-state index in [9.17, 15) is 0 Å². The molecule has 3 nitrogen and oxygen atoms in total. The summed E-state index contributed by atoms with van der Waals surface area (Å²) in [4.78, 5) is 8.83. The minimum Gasteiger partial charge on any atom is -0.314 e. The Morgan fingerprint density at radius 2 is 2.19 bits per heavy atom. The first-order chi connectivity index (χ1) is 7.83. The van der Waals surface area contributed by atoms with Crippen molar-refractivity contribution in [2.24, 2.45) is 0 Å². The van der Waals surface area contributed by atoms with Gasteiger partial charge < -0.3 is 5.32 Å². The van der Waals surface area contributed by atoms with Crippen LogP contribution in [0.2, 0.25) is 0 Å². The molecule has 1 aliphatic heterocycles. The van der Waals surface area contributed by atoms with Crippen LogP contribution in [0, 0.1) is 6.92 Å². The molecule has 16 heavy (non-hydrogen) atoms. The van der Waals surface area contributed by atoms with E-state index < -0.39 is 0 Å². The maximum Gasteiger partial charge on any atom is 0.0900 e. The Balaban J connectivity index is 1.71. The number of aryl methyl sites for hydroxylation is 2. The Morgan fingerprint density at radius 1 is 1.38 bits per heavy atom. The topological polar surface area (TPSA) is 28.2 Å². The summed E-state index contributed by atoms with van der Waals surface area (Å²) in [5, 5.41) is 4.67. The lowest BCUT2D eigenvalue weighted by atomic mass is 9.96. The molecule has 1 N–H and O–H groups in total. The molecular formula is C12H19N3S. The molecule has 0 spiro atoms. The predicted molar refractivity (Wildman–Crippen MR) is 67.1 cm³/mol. The first-order valence-corrected chi connectivity index (χ1v) is 7.04. The summed E-state index contributed by atoms with van der Waals surface area (Å²) in [5.41, 5.74) is 1.38. The number of piperazine rings is 1. The zero-order valence-corrected chi connectivity index (χ0v) is 10.6. The lowest BCUT2D eigenvalue weighted by molar-refractivity contribution is 0.159. The number of nitrogens with one attached hydrogen (secondary N) is 1. The third-order valence-corrected chi connectivity index (χ3v) is 4.72.